The largest absolute Gasteiger partial charge is 0.360 e. The van der Waals surface area contributed by atoms with Crippen LogP contribution in [-0.4, -0.2) is 10.6 Å². The topological polar surface area (TPSA) is 3.24 Å². The Balaban J connectivity index is 3.18. The van der Waals surface area contributed by atoms with Gasteiger partial charge in [0.2, 0.25) is 0 Å². The van der Waals surface area contributed by atoms with Gasteiger partial charge in [0.1, 0.15) is 0 Å². The van der Waals surface area contributed by atoms with Crippen molar-refractivity contribution in [3.05, 3.63) is 29.3 Å². The van der Waals surface area contributed by atoms with Gasteiger partial charge in [0.15, 0.2) is 0 Å². The molecule has 1 rings (SSSR count). The highest BCUT2D eigenvalue weighted by atomic mass is 127. The Hall–Kier alpha value is -0.250. The molecule has 1 nitrogen and oxygen atoms in total. The standard InChI is InChI=1S/C14H22IN/c1-6-14(15,7-2)16(5)13-11(3)9-8-10-12(13)4/h8-10H,6-7H2,1-5H3. The molecule has 0 saturated heterocycles. The van der Waals surface area contributed by atoms with E-state index in [4.69, 9.17) is 0 Å². The molecule has 2 heteroatoms. The number of hydrogen-bond acceptors (Lipinski definition) is 1. The van der Waals surface area contributed by atoms with Crippen LogP contribution in [0.1, 0.15) is 37.8 Å². The molecule has 0 radical (unpaired) electrons. The van der Waals surface area contributed by atoms with Crippen LogP contribution < -0.4 is 4.90 Å². The number of halogens is 1. The van der Waals surface area contributed by atoms with Gasteiger partial charge in [0.05, 0.1) is 3.55 Å². The van der Waals surface area contributed by atoms with Crippen molar-refractivity contribution in [1.82, 2.24) is 0 Å². The lowest BCUT2D eigenvalue weighted by Crippen LogP contribution is -2.40. The van der Waals surface area contributed by atoms with E-state index in [0.717, 1.165) is 12.8 Å². The van der Waals surface area contributed by atoms with E-state index in [1.54, 1.807) is 0 Å². The molecule has 0 unspecified atom stereocenters. The zero-order valence-electron chi connectivity index (χ0n) is 11.0. The maximum Gasteiger partial charge on any atom is 0.0909 e. The van der Waals surface area contributed by atoms with Crippen LogP contribution in [0.5, 0.6) is 0 Å². The molecule has 0 heterocycles. The second-order valence-electron chi connectivity index (χ2n) is 4.42. The van der Waals surface area contributed by atoms with E-state index < -0.39 is 0 Å². The summed E-state index contributed by atoms with van der Waals surface area (Å²) in [6, 6.07) is 6.52. The molecule has 0 aliphatic heterocycles. The average molecular weight is 331 g/mol. The Bertz CT molecular complexity index is 336. The lowest BCUT2D eigenvalue weighted by Gasteiger charge is -2.39. The molecule has 0 N–H and O–H groups in total. The summed E-state index contributed by atoms with van der Waals surface area (Å²) in [7, 11) is 2.22. The third-order valence-electron chi connectivity index (χ3n) is 3.46. The van der Waals surface area contributed by atoms with Crippen molar-refractivity contribution >= 4 is 28.3 Å². The molecule has 0 aliphatic carbocycles. The summed E-state index contributed by atoms with van der Waals surface area (Å²) in [6.45, 7) is 8.92. The highest BCUT2D eigenvalue weighted by Crippen LogP contribution is 2.37. The van der Waals surface area contributed by atoms with Crippen LogP contribution in [0.25, 0.3) is 0 Å². The van der Waals surface area contributed by atoms with Crippen LogP contribution in [-0.2, 0) is 0 Å². The number of para-hydroxylation sites is 1. The van der Waals surface area contributed by atoms with Gasteiger partial charge in [0, 0.05) is 12.7 Å². The van der Waals surface area contributed by atoms with Crippen molar-refractivity contribution in [3.8, 4) is 0 Å². The van der Waals surface area contributed by atoms with Crippen molar-refractivity contribution in [3.63, 3.8) is 0 Å². The Morgan fingerprint density at radius 1 is 1.12 bits per heavy atom. The first-order chi connectivity index (χ1) is 7.46. The lowest BCUT2D eigenvalue weighted by atomic mass is 10.0. The minimum atomic E-state index is 0.231. The number of hydrogen-bond donors (Lipinski definition) is 0. The molecule has 16 heavy (non-hydrogen) atoms. The summed E-state index contributed by atoms with van der Waals surface area (Å²) < 4.78 is 0.231. The summed E-state index contributed by atoms with van der Waals surface area (Å²) in [6.07, 6.45) is 2.32. The van der Waals surface area contributed by atoms with Gasteiger partial charge in [-0.2, -0.15) is 0 Å². The van der Waals surface area contributed by atoms with E-state index in [9.17, 15) is 0 Å². The molecule has 0 spiro atoms. The fourth-order valence-electron chi connectivity index (χ4n) is 2.26. The molecule has 0 aromatic heterocycles. The molecular formula is C14H22IN. The SMILES string of the molecule is CCC(I)(CC)N(C)c1c(C)cccc1C. The van der Waals surface area contributed by atoms with Gasteiger partial charge in [-0.05, 0) is 37.8 Å². The minimum absolute atomic E-state index is 0.231. The second kappa shape index (κ2) is 5.39. The maximum atomic E-state index is 2.59. The van der Waals surface area contributed by atoms with Gasteiger partial charge >= 0.3 is 0 Å². The normalized spacial score (nSPS) is 11.6. The molecule has 90 valence electrons. The zero-order valence-corrected chi connectivity index (χ0v) is 13.1. The van der Waals surface area contributed by atoms with Gasteiger partial charge in [-0.25, -0.2) is 0 Å². The van der Waals surface area contributed by atoms with E-state index in [-0.39, 0.29) is 3.55 Å². The Morgan fingerprint density at radius 3 is 1.94 bits per heavy atom. The Labute approximate surface area is 113 Å². The highest BCUT2D eigenvalue weighted by molar-refractivity contribution is 14.1. The lowest BCUT2D eigenvalue weighted by molar-refractivity contribution is 0.564. The molecule has 0 fully saturated rings. The maximum absolute atomic E-state index is 2.59. The van der Waals surface area contributed by atoms with Gasteiger partial charge in [0.25, 0.3) is 0 Å². The molecule has 1 aromatic rings. The number of anilines is 1. The first-order valence-corrected chi connectivity index (χ1v) is 7.03. The van der Waals surface area contributed by atoms with Crippen molar-refractivity contribution in [2.24, 2.45) is 0 Å². The zero-order chi connectivity index (χ0) is 12.3. The van der Waals surface area contributed by atoms with Crippen LogP contribution >= 0.6 is 22.6 Å². The van der Waals surface area contributed by atoms with E-state index in [1.807, 2.05) is 0 Å². The summed E-state index contributed by atoms with van der Waals surface area (Å²) >= 11 is 2.59. The average Bonchev–Trinajstić information content (AvgIpc) is 2.27. The van der Waals surface area contributed by atoms with Crippen LogP contribution in [0.3, 0.4) is 0 Å². The third-order valence-corrected chi connectivity index (χ3v) is 5.71. The first kappa shape index (κ1) is 13.8. The number of rotatable bonds is 4. The first-order valence-electron chi connectivity index (χ1n) is 5.95. The second-order valence-corrected chi connectivity index (χ2v) is 6.43. The minimum Gasteiger partial charge on any atom is -0.360 e. The quantitative estimate of drug-likeness (QED) is 0.439. The fourth-order valence-corrected chi connectivity index (χ4v) is 2.50. The van der Waals surface area contributed by atoms with Crippen LogP contribution in [0.4, 0.5) is 5.69 Å². The number of aryl methyl sites for hydroxylation is 2. The van der Waals surface area contributed by atoms with Crippen molar-refractivity contribution < 1.29 is 0 Å². The molecule has 0 aliphatic rings. The van der Waals surface area contributed by atoms with Crippen LogP contribution in [0.2, 0.25) is 0 Å². The van der Waals surface area contributed by atoms with Gasteiger partial charge < -0.3 is 4.90 Å². The molecular weight excluding hydrogens is 309 g/mol. The van der Waals surface area contributed by atoms with E-state index in [1.165, 1.54) is 16.8 Å². The molecule has 0 amide bonds. The van der Waals surface area contributed by atoms with Crippen LogP contribution in [0.15, 0.2) is 18.2 Å². The molecule has 0 saturated carbocycles. The number of alkyl halides is 1. The monoisotopic (exact) mass is 331 g/mol. The fraction of sp³-hybridized carbons (Fsp3) is 0.571. The van der Waals surface area contributed by atoms with E-state index in [0.29, 0.717) is 0 Å². The molecule has 0 bridgehead atoms. The van der Waals surface area contributed by atoms with E-state index >= 15 is 0 Å². The molecule has 1 aromatic carbocycles. The van der Waals surface area contributed by atoms with Crippen molar-refractivity contribution in [2.45, 2.75) is 44.1 Å². The third kappa shape index (κ3) is 2.53. The Morgan fingerprint density at radius 2 is 1.56 bits per heavy atom. The summed E-state index contributed by atoms with van der Waals surface area (Å²) in [5.74, 6) is 0. The van der Waals surface area contributed by atoms with Gasteiger partial charge in [-0.1, -0.05) is 54.6 Å². The summed E-state index contributed by atoms with van der Waals surface area (Å²) in [5.41, 5.74) is 4.12. The molecule has 0 atom stereocenters. The number of nitrogens with zero attached hydrogens (tertiary/aromatic N) is 1. The highest BCUT2D eigenvalue weighted by Gasteiger charge is 2.28. The summed E-state index contributed by atoms with van der Waals surface area (Å²) in [5, 5.41) is 0. The van der Waals surface area contributed by atoms with Gasteiger partial charge in [-0.3, -0.25) is 0 Å². The van der Waals surface area contributed by atoms with Crippen molar-refractivity contribution in [1.29, 1.82) is 0 Å². The number of benzene rings is 1. The Kier molecular flexibility index (Phi) is 4.65. The summed E-state index contributed by atoms with van der Waals surface area (Å²) in [4.78, 5) is 2.44. The van der Waals surface area contributed by atoms with Crippen LogP contribution in [0, 0.1) is 13.8 Å². The predicted molar refractivity (Wildman–Crippen MR) is 81.7 cm³/mol. The predicted octanol–water partition coefficient (Wildman–Crippen LogP) is 4.69. The van der Waals surface area contributed by atoms with Gasteiger partial charge in [-0.15, -0.1) is 0 Å². The van der Waals surface area contributed by atoms with Crippen molar-refractivity contribution in [2.75, 3.05) is 11.9 Å². The smallest absolute Gasteiger partial charge is 0.0909 e. The van der Waals surface area contributed by atoms with E-state index in [2.05, 4.69) is 80.4 Å².